The highest BCUT2D eigenvalue weighted by Gasteiger charge is 2.19. The van der Waals surface area contributed by atoms with Gasteiger partial charge in [0, 0.05) is 19.3 Å². The number of allylic oxidation sites excluding steroid dienone is 14. The van der Waals surface area contributed by atoms with Crippen LogP contribution in [0.4, 0.5) is 0 Å². The molecule has 0 aliphatic rings. The van der Waals surface area contributed by atoms with Gasteiger partial charge in [0.15, 0.2) is 6.10 Å². The Morgan fingerprint density at radius 3 is 0.812 bits per heavy atom. The summed E-state index contributed by atoms with van der Waals surface area (Å²) in [6, 6.07) is 0. The maximum Gasteiger partial charge on any atom is 0.306 e. The number of rotatable bonds is 63. The van der Waals surface area contributed by atoms with E-state index in [1.54, 1.807) is 0 Å². The third kappa shape index (κ3) is 65.4. The van der Waals surface area contributed by atoms with Crippen molar-refractivity contribution >= 4 is 17.9 Å². The molecular weight excluding hydrogens is 985 g/mol. The lowest BCUT2D eigenvalue weighted by Gasteiger charge is -2.18. The van der Waals surface area contributed by atoms with Crippen molar-refractivity contribution in [1.82, 2.24) is 0 Å². The maximum absolute atomic E-state index is 12.9. The normalized spacial score (nSPS) is 12.6. The fraction of sp³-hybridized carbons (Fsp3) is 0.770. The third-order valence-electron chi connectivity index (χ3n) is 15.1. The molecule has 80 heavy (non-hydrogen) atoms. The first-order valence-corrected chi connectivity index (χ1v) is 34.6. The first-order chi connectivity index (χ1) is 39.5. The van der Waals surface area contributed by atoms with Crippen molar-refractivity contribution in [2.45, 2.75) is 354 Å². The van der Waals surface area contributed by atoms with Crippen molar-refractivity contribution in [3.05, 3.63) is 85.1 Å². The topological polar surface area (TPSA) is 78.9 Å². The van der Waals surface area contributed by atoms with Gasteiger partial charge < -0.3 is 14.2 Å². The van der Waals surface area contributed by atoms with Crippen LogP contribution in [0.3, 0.4) is 0 Å². The Hall–Kier alpha value is -3.41. The predicted octanol–water partition coefficient (Wildman–Crippen LogP) is 23.8. The second kappa shape index (κ2) is 68.1. The summed E-state index contributed by atoms with van der Waals surface area (Å²) >= 11 is 0. The van der Waals surface area contributed by atoms with E-state index in [0.717, 1.165) is 116 Å². The molecule has 462 valence electrons. The Labute approximate surface area is 496 Å². The van der Waals surface area contributed by atoms with Crippen LogP contribution in [-0.2, 0) is 28.6 Å². The summed E-state index contributed by atoms with van der Waals surface area (Å²) < 4.78 is 16.9. The minimum Gasteiger partial charge on any atom is -0.462 e. The zero-order valence-corrected chi connectivity index (χ0v) is 53.1. The van der Waals surface area contributed by atoms with Crippen molar-refractivity contribution in [2.24, 2.45) is 0 Å². The largest absolute Gasteiger partial charge is 0.462 e. The maximum atomic E-state index is 12.9. The van der Waals surface area contributed by atoms with Gasteiger partial charge in [0.2, 0.25) is 0 Å². The van der Waals surface area contributed by atoms with Gasteiger partial charge in [-0.3, -0.25) is 14.4 Å². The zero-order chi connectivity index (χ0) is 57.8. The standard InChI is InChI=1S/C74H130O6/c1-4-7-10-13-16-19-22-25-27-28-29-30-31-32-33-34-35-36-37-38-39-40-41-42-43-44-45-46-47-50-52-55-58-61-64-67-73(76)79-70-71(69-78-72(75)66-63-60-57-54-51-48-24-21-18-15-12-9-6-3)80-74(77)68-65-62-59-56-53-49-26-23-20-17-14-11-8-5-2/h9,12,14,17-18,21-23,25-26,28-29,48,51,71H,4-8,10-11,13,15-16,19-20,24,27,30-47,49-50,52-70H2,1-3H3/b12-9-,17-14-,21-18-,25-22-,26-23-,29-28-,51-48-. The molecule has 6 heteroatoms. The zero-order valence-electron chi connectivity index (χ0n) is 53.1. The molecule has 0 saturated heterocycles. The monoisotopic (exact) mass is 1110 g/mol. The van der Waals surface area contributed by atoms with Crippen LogP contribution in [0.15, 0.2) is 85.1 Å². The Bertz CT molecular complexity index is 1520. The molecule has 1 atom stereocenters. The van der Waals surface area contributed by atoms with E-state index in [9.17, 15) is 14.4 Å². The number of ether oxygens (including phenoxy) is 3. The molecule has 0 aliphatic carbocycles. The van der Waals surface area contributed by atoms with Crippen molar-refractivity contribution in [1.29, 1.82) is 0 Å². The summed E-state index contributed by atoms with van der Waals surface area (Å²) in [5, 5.41) is 0. The summed E-state index contributed by atoms with van der Waals surface area (Å²) in [6.45, 7) is 6.47. The second-order valence-corrected chi connectivity index (χ2v) is 23.1. The number of hydrogen-bond donors (Lipinski definition) is 0. The summed E-state index contributed by atoms with van der Waals surface area (Å²) in [6.07, 6.45) is 90.7. The molecule has 0 aromatic heterocycles. The number of carbonyl (C=O) groups is 3. The second-order valence-electron chi connectivity index (χ2n) is 23.1. The molecule has 0 spiro atoms. The lowest BCUT2D eigenvalue weighted by atomic mass is 10.0. The SMILES string of the molecule is CC/C=C\C/C=C\C/C=C\CCCCCC(=O)OCC(COC(=O)CCCCCCCCCCCCCCCCCCCCCCCCC/C=C\C/C=C\CCCCCCC)OC(=O)CCCCCCC/C=C\C/C=C\CCCC. The van der Waals surface area contributed by atoms with Gasteiger partial charge in [0.1, 0.15) is 13.2 Å². The van der Waals surface area contributed by atoms with Crippen LogP contribution < -0.4 is 0 Å². The molecule has 0 N–H and O–H groups in total. The molecule has 0 radical (unpaired) electrons. The van der Waals surface area contributed by atoms with Gasteiger partial charge in [-0.15, -0.1) is 0 Å². The number of carbonyl (C=O) groups excluding carboxylic acids is 3. The van der Waals surface area contributed by atoms with E-state index in [-0.39, 0.29) is 31.1 Å². The van der Waals surface area contributed by atoms with Crippen molar-refractivity contribution in [3.63, 3.8) is 0 Å². The summed E-state index contributed by atoms with van der Waals surface area (Å²) in [7, 11) is 0. The fourth-order valence-electron chi connectivity index (χ4n) is 9.92. The van der Waals surface area contributed by atoms with Crippen LogP contribution in [0.25, 0.3) is 0 Å². The van der Waals surface area contributed by atoms with E-state index in [0.29, 0.717) is 19.3 Å². The van der Waals surface area contributed by atoms with Gasteiger partial charge in [-0.05, 0) is 109 Å². The molecule has 0 saturated carbocycles. The first-order valence-electron chi connectivity index (χ1n) is 34.6. The van der Waals surface area contributed by atoms with Crippen LogP contribution in [-0.4, -0.2) is 37.2 Å². The van der Waals surface area contributed by atoms with Crippen molar-refractivity contribution in [3.8, 4) is 0 Å². The summed E-state index contributed by atoms with van der Waals surface area (Å²) in [5.74, 6) is -0.921. The van der Waals surface area contributed by atoms with Gasteiger partial charge >= 0.3 is 17.9 Å². The summed E-state index contributed by atoms with van der Waals surface area (Å²) in [4.78, 5) is 38.2. The van der Waals surface area contributed by atoms with E-state index in [1.807, 2.05) is 0 Å². The lowest BCUT2D eigenvalue weighted by molar-refractivity contribution is -0.167. The van der Waals surface area contributed by atoms with Gasteiger partial charge in [0.05, 0.1) is 0 Å². The van der Waals surface area contributed by atoms with Crippen molar-refractivity contribution < 1.29 is 28.6 Å². The van der Waals surface area contributed by atoms with Gasteiger partial charge in [-0.1, -0.05) is 305 Å². The molecule has 6 nitrogen and oxygen atoms in total. The van der Waals surface area contributed by atoms with Gasteiger partial charge in [0.25, 0.3) is 0 Å². The molecule has 0 amide bonds. The highest BCUT2D eigenvalue weighted by Crippen LogP contribution is 2.18. The van der Waals surface area contributed by atoms with Gasteiger partial charge in [-0.2, -0.15) is 0 Å². The quantitative estimate of drug-likeness (QED) is 0.0261. The van der Waals surface area contributed by atoms with Crippen LogP contribution in [0.5, 0.6) is 0 Å². The molecule has 1 unspecified atom stereocenters. The molecule has 0 aromatic carbocycles. The fourth-order valence-corrected chi connectivity index (χ4v) is 9.92. The van der Waals surface area contributed by atoms with E-state index in [4.69, 9.17) is 14.2 Å². The van der Waals surface area contributed by atoms with Gasteiger partial charge in [-0.25, -0.2) is 0 Å². The molecule has 0 heterocycles. The van der Waals surface area contributed by atoms with E-state index in [1.165, 1.54) is 193 Å². The molecule has 0 bridgehead atoms. The van der Waals surface area contributed by atoms with Crippen molar-refractivity contribution in [2.75, 3.05) is 13.2 Å². The Morgan fingerprint density at radius 1 is 0.263 bits per heavy atom. The average molecular weight is 1120 g/mol. The highest BCUT2D eigenvalue weighted by molar-refractivity contribution is 5.71. The minimum atomic E-state index is -0.795. The Kier molecular flexibility index (Phi) is 65.2. The molecular formula is C74H130O6. The van der Waals surface area contributed by atoms with Crippen LogP contribution in [0, 0.1) is 0 Å². The predicted molar refractivity (Wildman–Crippen MR) is 348 cm³/mol. The molecule has 0 aliphatic heterocycles. The highest BCUT2D eigenvalue weighted by atomic mass is 16.6. The summed E-state index contributed by atoms with van der Waals surface area (Å²) in [5.41, 5.74) is 0. The van der Waals surface area contributed by atoms with Crippen LogP contribution in [0.1, 0.15) is 348 Å². The minimum absolute atomic E-state index is 0.0889. The smallest absolute Gasteiger partial charge is 0.306 e. The average Bonchev–Trinajstić information content (AvgIpc) is 3.46. The number of hydrogen-bond acceptors (Lipinski definition) is 6. The molecule has 0 rings (SSSR count). The van der Waals surface area contributed by atoms with Crippen LogP contribution in [0.2, 0.25) is 0 Å². The van der Waals surface area contributed by atoms with E-state index >= 15 is 0 Å². The first kappa shape index (κ1) is 76.6. The Balaban J connectivity index is 4.08. The third-order valence-corrected chi connectivity index (χ3v) is 15.1. The van der Waals surface area contributed by atoms with Crippen LogP contribution >= 0.6 is 0 Å². The number of unbranched alkanes of at least 4 members (excludes halogenated alkanes) is 38. The number of esters is 3. The Morgan fingerprint density at radius 2 is 0.500 bits per heavy atom. The lowest BCUT2D eigenvalue weighted by Crippen LogP contribution is -2.30. The van der Waals surface area contributed by atoms with E-state index in [2.05, 4.69) is 106 Å². The molecule has 0 aromatic rings. The van der Waals surface area contributed by atoms with E-state index < -0.39 is 6.10 Å². The molecule has 0 fully saturated rings.